The number of amides is 2. The molecule has 0 aromatic carbocycles. The van der Waals surface area contributed by atoms with E-state index in [1.165, 1.54) is 0 Å². The molecule has 0 radical (unpaired) electrons. The molecule has 4 N–H and O–H groups in total. The predicted molar refractivity (Wildman–Crippen MR) is 118 cm³/mol. The number of esters is 1. The minimum absolute atomic E-state index is 0.359. The molecule has 0 rings (SSSR count). The number of rotatable bonds is 12. The lowest BCUT2D eigenvalue weighted by atomic mass is 10.1. The molecule has 0 heterocycles. The summed E-state index contributed by atoms with van der Waals surface area (Å²) in [6, 6.07) is -1.41. The molecule has 0 aromatic rings. The fourth-order valence-electron chi connectivity index (χ4n) is 2.62. The Balaban J connectivity index is 4.42. The van der Waals surface area contributed by atoms with Crippen molar-refractivity contribution in [3.63, 3.8) is 0 Å². The minimum Gasteiger partial charge on any atom is -0.458 e. The Hall–Kier alpha value is -1.83. The predicted octanol–water partition coefficient (Wildman–Crippen LogP) is 3.42. The van der Waals surface area contributed by atoms with Crippen LogP contribution in [0.5, 0.6) is 0 Å². The van der Waals surface area contributed by atoms with Crippen molar-refractivity contribution in [2.24, 2.45) is 5.73 Å². The van der Waals surface area contributed by atoms with Gasteiger partial charge in [-0.05, 0) is 67.2 Å². The zero-order valence-corrected chi connectivity index (χ0v) is 19.9. The lowest BCUT2D eigenvalue weighted by molar-refractivity contribution is -0.159. The monoisotopic (exact) mass is 429 g/mol. The Morgan fingerprint density at radius 3 is 1.97 bits per heavy atom. The van der Waals surface area contributed by atoms with Gasteiger partial charge in [-0.25, -0.2) is 9.59 Å². The maximum Gasteiger partial charge on any atom is 0.407 e. The lowest BCUT2D eigenvalue weighted by Gasteiger charge is -2.25. The molecule has 0 saturated carbocycles. The first-order chi connectivity index (χ1) is 13.7. The number of nitrogens with two attached hydrogens (primary N) is 1. The van der Waals surface area contributed by atoms with E-state index in [9.17, 15) is 14.4 Å². The summed E-state index contributed by atoms with van der Waals surface area (Å²) in [5.41, 5.74) is 4.84. The summed E-state index contributed by atoms with van der Waals surface area (Å²) in [5.74, 6) is -0.789. The molecule has 2 amide bonds. The van der Waals surface area contributed by atoms with Crippen LogP contribution in [0.1, 0.15) is 93.4 Å². The largest absolute Gasteiger partial charge is 0.458 e. The number of nitrogens with one attached hydrogen (secondary N) is 2. The molecule has 0 spiro atoms. The molecule has 0 aliphatic rings. The van der Waals surface area contributed by atoms with Crippen LogP contribution in [0, 0.1) is 0 Å². The molecule has 8 nitrogen and oxygen atoms in total. The van der Waals surface area contributed by atoms with Gasteiger partial charge < -0.3 is 25.8 Å². The first-order valence-corrected chi connectivity index (χ1v) is 11.0. The van der Waals surface area contributed by atoms with E-state index in [2.05, 4.69) is 17.6 Å². The molecule has 2 atom stereocenters. The fraction of sp³-hybridized carbons (Fsp3) is 0.864. The normalized spacial score (nSPS) is 13.9. The molecule has 0 aliphatic heterocycles. The van der Waals surface area contributed by atoms with Gasteiger partial charge in [0.05, 0.1) is 6.04 Å². The van der Waals surface area contributed by atoms with Gasteiger partial charge in [-0.2, -0.15) is 0 Å². The first kappa shape index (κ1) is 28.2. The number of hydrogen-bond donors (Lipinski definition) is 3. The smallest absolute Gasteiger partial charge is 0.407 e. The third-order valence-electron chi connectivity index (χ3n) is 4.05. The van der Waals surface area contributed by atoms with Crippen LogP contribution in [0.25, 0.3) is 0 Å². The second-order valence-corrected chi connectivity index (χ2v) is 9.62. The summed E-state index contributed by atoms with van der Waals surface area (Å²) >= 11 is 0. The zero-order chi connectivity index (χ0) is 23.4. The lowest BCUT2D eigenvalue weighted by Crippen LogP contribution is -2.50. The Labute approximate surface area is 182 Å². The number of alkyl carbamates (subject to hydrolysis) is 1. The second kappa shape index (κ2) is 13.5. The highest BCUT2D eigenvalue weighted by molar-refractivity contribution is 5.87. The molecule has 0 aliphatic carbocycles. The Morgan fingerprint density at radius 1 is 0.867 bits per heavy atom. The summed E-state index contributed by atoms with van der Waals surface area (Å²) in [6.45, 7) is 13.3. The highest BCUT2D eigenvalue weighted by Crippen LogP contribution is 2.13. The highest BCUT2D eigenvalue weighted by atomic mass is 16.6. The van der Waals surface area contributed by atoms with E-state index in [-0.39, 0.29) is 5.91 Å². The molecule has 176 valence electrons. The summed E-state index contributed by atoms with van der Waals surface area (Å²) in [4.78, 5) is 36.5. The first-order valence-electron chi connectivity index (χ1n) is 11.0. The van der Waals surface area contributed by atoms with Crippen molar-refractivity contribution >= 4 is 18.0 Å². The minimum atomic E-state index is -0.720. The molecule has 1 unspecified atom stereocenters. The molecule has 8 heteroatoms. The van der Waals surface area contributed by atoms with Gasteiger partial charge in [-0.15, -0.1) is 0 Å². The van der Waals surface area contributed by atoms with Crippen LogP contribution in [-0.2, 0) is 19.1 Å². The SMILES string of the molecule is CCCCC[C@H](NC(=O)C(N)CCCCNC(=O)OC(C)(C)C)C(=O)OC(C)(C)C. The maximum absolute atomic E-state index is 12.5. The van der Waals surface area contributed by atoms with Gasteiger partial charge in [-0.1, -0.05) is 26.2 Å². The Kier molecular flexibility index (Phi) is 12.6. The van der Waals surface area contributed by atoms with E-state index in [1.54, 1.807) is 41.5 Å². The number of carbonyl (C=O) groups is 3. The van der Waals surface area contributed by atoms with E-state index in [0.29, 0.717) is 32.2 Å². The summed E-state index contributed by atoms with van der Waals surface area (Å²) in [5, 5.41) is 5.43. The maximum atomic E-state index is 12.5. The standard InChI is InChI=1S/C22H43N3O5/c1-8-9-10-14-17(19(27)29-21(2,3)4)25-18(26)16(23)13-11-12-15-24-20(28)30-22(5,6)7/h16-17H,8-15,23H2,1-7H3,(H,24,28)(H,25,26)/t16?,17-/m0/s1. The van der Waals surface area contributed by atoms with Gasteiger partial charge in [0.1, 0.15) is 17.2 Å². The van der Waals surface area contributed by atoms with Crippen molar-refractivity contribution in [1.29, 1.82) is 0 Å². The number of ether oxygens (including phenoxy) is 2. The van der Waals surface area contributed by atoms with Crippen LogP contribution in [0.15, 0.2) is 0 Å². The second-order valence-electron chi connectivity index (χ2n) is 9.62. The van der Waals surface area contributed by atoms with E-state index in [4.69, 9.17) is 15.2 Å². The Morgan fingerprint density at radius 2 is 1.43 bits per heavy atom. The van der Waals surface area contributed by atoms with Gasteiger partial charge in [0.15, 0.2) is 0 Å². The topological polar surface area (TPSA) is 120 Å². The van der Waals surface area contributed by atoms with Gasteiger partial charge in [0, 0.05) is 6.54 Å². The number of carbonyl (C=O) groups excluding carboxylic acids is 3. The average molecular weight is 430 g/mol. The van der Waals surface area contributed by atoms with Gasteiger partial charge in [0.2, 0.25) is 5.91 Å². The highest BCUT2D eigenvalue weighted by Gasteiger charge is 2.27. The van der Waals surface area contributed by atoms with Crippen LogP contribution >= 0.6 is 0 Å². The van der Waals surface area contributed by atoms with Crippen molar-refractivity contribution in [2.75, 3.05) is 6.54 Å². The third-order valence-corrected chi connectivity index (χ3v) is 4.05. The van der Waals surface area contributed by atoms with Crippen LogP contribution < -0.4 is 16.4 Å². The fourth-order valence-corrected chi connectivity index (χ4v) is 2.62. The summed E-state index contributed by atoms with van der Waals surface area (Å²) in [6.07, 6.45) is 4.68. The molecule has 0 aromatic heterocycles. The average Bonchev–Trinajstić information content (AvgIpc) is 2.57. The summed E-state index contributed by atoms with van der Waals surface area (Å²) < 4.78 is 10.6. The molecular weight excluding hydrogens is 386 g/mol. The molecule has 0 saturated heterocycles. The van der Waals surface area contributed by atoms with Gasteiger partial charge >= 0.3 is 12.1 Å². The van der Waals surface area contributed by atoms with Crippen LogP contribution in [0.2, 0.25) is 0 Å². The third kappa shape index (κ3) is 15.1. The van der Waals surface area contributed by atoms with E-state index < -0.39 is 35.3 Å². The summed E-state index contributed by atoms with van der Waals surface area (Å²) in [7, 11) is 0. The van der Waals surface area contributed by atoms with E-state index in [0.717, 1.165) is 19.3 Å². The van der Waals surface area contributed by atoms with Crippen LogP contribution in [0.4, 0.5) is 4.79 Å². The molecule has 30 heavy (non-hydrogen) atoms. The van der Waals surface area contributed by atoms with Crippen molar-refractivity contribution in [1.82, 2.24) is 10.6 Å². The zero-order valence-electron chi connectivity index (χ0n) is 19.9. The molecular formula is C22H43N3O5. The van der Waals surface area contributed by atoms with Crippen molar-refractivity contribution in [3.8, 4) is 0 Å². The van der Waals surface area contributed by atoms with E-state index >= 15 is 0 Å². The van der Waals surface area contributed by atoms with Gasteiger partial charge in [0.25, 0.3) is 0 Å². The van der Waals surface area contributed by atoms with Gasteiger partial charge in [-0.3, -0.25) is 4.79 Å². The van der Waals surface area contributed by atoms with E-state index in [1.807, 2.05) is 0 Å². The molecule has 0 fully saturated rings. The van der Waals surface area contributed by atoms with Crippen LogP contribution in [-0.4, -0.2) is 47.8 Å². The van der Waals surface area contributed by atoms with Crippen molar-refractivity contribution in [3.05, 3.63) is 0 Å². The Bertz CT molecular complexity index is 538. The van der Waals surface area contributed by atoms with Crippen molar-refractivity contribution in [2.45, 2.75) is 117 Å². The number of unbranched alkanes of at least 4 members (excludes halogenated alkanes) is 3. The van der Waals surface area contributed by atoms with Crippen molar-refractivity contribution < 1.29 is 23.9 Å². The number of hydrogen-bond acceptors (Lipinski definition) is 6. The quantitative estimate of drug-likeness (QED) is 0.323. The molecule has 0 bridgehead atoms. The van der Waals surface area contributed by atoms with Crippen LogP contribution in [0.3, 0.4) is 0 Å².